The molecule has 1 aliphatic rings. The zero-order valence-corrected chi connectivity index (χ0v) is 9.94. The number of amides is 1. The van der Waals surface area contributed by atoms with Gasteiger partial charge in [-0.2, -0.15) is 0 Å². The number of halogens is 1. The SMILES string of the molecule is O=C1OCCCN1Cc1cc(Br)cs1. The third-order valence-corrected chi connectivity index (χ3v) is 3.71. The Bertz CT molecular complexity index is 339. The van der Waals surface area contributed by atoms with Gasteiger partial charge in [0.2, 0.25) is 0 Å². The maximum atomic E-state index is 11.3. The maximum absolute atomic E-state index is 11.3. The van der Waals surface area contributed by atoms with Crippen molar-refractivity contribution < 1.29 is 9.53 Å². The van der Waals surface area contributed by atoms with Crippen LogP contribution >= 0.6 is 27.3 Å². The van der Waals surface area contributed by atoms with E-state index in [0.29, 0.717) is 13.2 Å². The van der Waals surface area contributed by atoms with Crippen molar-refractivity contribution in [2.24, 2.45) is 0 Å². The van der Waals surface area contributed by atoms with Crippen LogP contribution in [0.4, 0.5) is 4.79 Å². The zero-order chi connectivity index (χ0) is 9.97. The van der Waals surface area contributed by atoms with Crippen LogP contribution in [-0.2, 0) is 11.3 Å². The monoisotopic (exact) mass is 275 g/mol. The Kier molecular flexibility index (Phi) is 3.08. The van der Waals surface area contributed by atoms with E-state index in [-0.39, 0.29) is 6.09 Å². The van der Waals surface area contributed by atoms with Crippen molar-refractivity contribution in [2.45, 2.75) is 13.0 Å². The maximum Gasteiger partial charge on any atom is 0.410 e. The van der Waals surface area contributed by atoms with Crippen molar-refractivity contribution in [3.8, 4) is 0 Å². The van der Waals surface area contributed by atoms with E-state index in [1.54, 1.807) is 16.2 Å². The van der Waals surface area contributed by atoms with Crippen LogP contribution in [0, 0.1) is 0 Å². The molecule has 1 amide bonds. The molecule has 3 nitrogen and oxygen atoms in total. The largest absolute Gasteiger partial charge is 0.449 e. The highest BCUT2D eigenvalue weighted by Crippen LogP contribution is 2.22. The second-order valence-corrected chi connectivity index (χ2v) is 5.03. The van der Waals surface area contributed by atoms with E-state index in [4.69, 9.17) is 4.74 Å². The van der Waals surface area contributed by atoms with E-state index in [0.717, 1.165) is 17.4 Å². The van der Waals surface area contributed by atoms with Crippen LogP contribution in [0.3, 0.4) is 0 Å². The van der Waals surface area contributed by atoms with Gasteiger partial charge in [0.1, 0.15) is 0 Å². The highest BCUT2D eigenvalue weighted by atomic mass is 79.9. The summed E-state index contributed by atoms with van der Waals surface area (Å²) in [5, 5.41) is 2.02. The minimum Gasteiger partial charge on any atom is -0.449 e. The lowest BCUT2D eigenvalue weighted by molar-refractivity contribution is 0.0704. The summed E-state index contributed by atoms with van der Waals surface area (Å²) in [6, 6.07) is 2.03. The van der Waals surface area contributed by atoms with Gasteiger partial charge in [0, 0.05) is 21.3 Å². The van der Waals surface area contributed by atoms with Crippen LogP contribution in [0.1, 0.15) is 11.3 Å². The van der Waals surface area contributed by atoms with Gasteiger partial charge in [0.05, 0.1) is 13.2 Å². The lowest BCUT2D eigenvalue weighted by Crippen LogP contribution is -2.36. The van der Waals surface area contributed by atoms with Crippen molar-refractivity contribution >= 4 is 33.4 Å². The van der Waals surface area contributed by atoms with Crippen LogP contribution in [0.15, 0.2) is 15.9 Å². The van der Waals surface area contributed by atoms with Crippen molar-refractivity contribution in [3.05, 3.63) is 20.8 Å². The third kappa shape index (κ3) is 2.27. The second kappa shape index (κ2) is 4.31. The summed E-state index contributed by atoms with van der Waals surface area (Å²) in [7, 11) is 0. The Morgan fingerprint density at radius 3 is 3.14 bits per heavy atom. The molecule has 0 aliphatic carbocycles. The number of carbonyl (C=O) groups excluding carboxylic acids is 1. The molecule has 1 fully saturated rings. The molecule has 0 spiro atoms. The summed E-state index contributed by atoms with van der Waals surface area (Å²) in [6.07, 6.45) is 0.735. The quantitative estimate of drug-likeness (QED) is 0.831. The molecule has 0 saturated carbocycles. The summed E-state index contributed by atoms with van der Waals surface area (Å²) < 4.78 is 6.02. The van der Waals surface area contributed by atoms with Gasteiger partial charge in [-0.3, -0.25) is 0 Å². The molecule has 5 heteroatoms. The van der Waals surface area contributed by atoms with E-state index >= 15 is 0 Å². The molecule has 2 rings (SSSR count). The van der Waals surface area contributed by atoms with Gasteiger partial charge in [-0.1, -0.05) is 0 Å². The first-order valence-electron chi connectivity index (χ1n) is 4.40. The molecule has 0 atom stereocenters. The molecule has 14 heavy (non-hydrogen) atoms. The molecule has 1 aromatic heterocycles. The van der Waals surface area contributed by atoms with Gasteiger partial charge < -0.3 is 9.64 Å². The van der Waals surface area contributed by atoms with E-state index in [1.165, 1.54) is 4.88 Å². The lowest BCUT2D eigenvalue weighted by Gasteiger charge is -2.25. The predicted octanol–water partition coefficient (Wildman–Crippen LogP) is 2.85. The summed E-state index contributed by atoms with van der Waals surface area (Å²) in [5.74, 6) is 0. The fourth-order valence-corrected chi connectivity index (χ4v) is 2.83. The number of hydrogen-bond acceptors (Lipinski definition) is 3. The molecule has 1 aliphatic heterocycles. The van der Waals surface area contributed by atoms with Crippen LogP contribution in [0.5, 0.6) is 0 Å². The summed E-state index contributed by atoms with van der Waals surface area (Å²) in [5.41, 5.74) is 0. The molecule has 0 aromatic carbocycles. The van der Waals surface area contributed by atoms with Crippen molar-refractivity contribution in [1.82, 2.24) is 4.90 Å². The van der Waals surface area contributed by atoms with Gasteiger partial charge in [0.15, 0.2) is 0 Å². The topological polar surface area (TPSA) is 29.5 Å². The third-order valence-electron chi connectivity index (χ3n) is 2.02. The molecule has 0 N–H and O–H groups in total. The minimum absolute atomic E-state index is 0.194. The molecule has 0 unspecified atom stereocenters. The van der Waals surface area contributed by atoms with E-state index < -0.39 is 0 Å². The molecule has 0 radical (unpaired) electrons. The Labute approximate surface area is 94.8 Å². The summed E-state index contributed by atoms with van der Waals surface area (Å²) in [4.78, 5) is 14.2. The average molecular weight is 276 g/mol. The minimum atomic E-state index is -0.194. The molecule has 2 heterocycles. The first-order chi connectivity index (χ1) is 6.75. The van der Waals surface area contributed by atoms with Gasteiger partial charge >= 0.3 is 6.09 Å². The molecule has 0 bridgehead atoms. The highest BCUT2D eigenvalue weighted by Gasteiger charge is 2.19. The lowest BCUT2D eigenvalue weighted by atomic mass is 10.3. The van der Waals surface area contributed by atoms with Gasteiger partial charge in [-0.25, -0.2) is 4.79 Å². The molecular formula is C9H10BrNO2S. The van der Waals surface area contributed by atoms with Gasteiger partial charge in [-0.05, 0) is 28.4 Å². The number of nitrogens with zero attached hydrogens (tertiary/aromatic N) is 1. The molecule has 76 valence electrons. The van der Waals surface area contributed by atoms with Gasteiger partial charge in [0.25, 0.3) is 0 Å². The van der Waals surface area contributed by atoms with Crippen LogP contribution in [-0.4, -0.2) is 24.1 Å². The number of thiophene rings is 1. The predicted molar refractivity (Wildman–Crippen MR) is 58.4 cm³/mol. The molecular weight excluding hydrogens is 266 g/mol. The fourth-order valence-electron chi connectivity index (χ4n) is 1.37. The number of rotatable bonds is 2. The standard InChI is InChI=1S/C9H10BrNO2S/c10-7-4-8(14-6-7)5-11-2-1-3-13-9(11)12/h4,6H,1-3,5H2. The normalized spacial score (nSPS) is 16.9. The number of hydrogen-bond donors (Lipinski definition) is 0. The Morgan fingerprint density at radius 1 is 1.64 bits per heavy atom. The second-order valence-electron chi connectivity index (χ2n) is 3.12. The van der Waals surface area contributed by atoms with E-state index in [9.17, 15) is 4.79 Å². The van der Waals surface area contributed by atoms with E-state index in [1.807, 2.05) is 11.4 Å². The molecule has 1 aromatic rings. The Balaban J connectivity index is 1.99. The highest BCUT2D eigenvalue weighted by molar-refractivity contribution is 9.10. The first kappa shape index (κ1) is 9.98. The zero-order valence-electron chi connectivity index (χ0n) is 7.53. The van der Waals surface area contributed by atoms with Crippen LogP contribution < -0.4 is 0 Å². The van der Waals surface area contributed by atoms with Crippen molar-refractivity contribution in [1.29, 1.82) is 0 Å². The first-order valence-corrected chi connectivity index (χ1v) is 6.07. The van der Waals surface area contributed by atoms with Crippen molar-refractivity contribution in [3.63, 3.8) is 0 Å². The van der Waals surface area contributed by atoms with Crippen LogP contribution in [0.2, 0.25) is 0 Å². The Morgan fingerprint density at radius 2 is 2.50 bits per heavy atom. The number of carbonyl (C=O) groups is 1. The van der Waals surface area contributed by atoms with Crippen LogP contribution in [0.25, 0.3) is 0 Å². The number of ether oxygens (including phenoxy) is 1. The van der Waals surface area contributed by atoms with E-state index in [2.05, 4.69) is 15.9 Å². The van der Waals surface area contributed by atoms with Crippen molar-refractivity contribution in [2.75, 3.05) is 13.2 Å². The summed E-state index contributed by atoms with van der Waals surface area (Å²) in [6.45, 7) is 2.02. The summed E-state index contributed by atoms with van der Waals surface area (Å²) >= 11 is 5.04. The fraction of sp³-hybridized carbons (Fsp3) is 0.444. The molecule has 1 saturated heterocycles. The smallest absolute Gasteiger partial charge is 0.410 e. The average Bonchev–Trinajstić information content (AvgIpc) is 2.56. The number of cyclic esters (lactones) is 1. The van der Waals surface area contributed by atoms with Gasteiger partial charge in [-0.15, -0.1) is 11.3 Å². The Hall–Kier alpha value is -0.550.